The van der Waals surface area contributed by atoms with Crippen molar-refractivity contribution in [2.45, 2.75) is 226 Å². The Kier molecular flexibility index (Phi) is 53.5. The molecule has 0 saturated carbocycles. The zero-order valence-electron chi connectivity index (χ0n) is 47.4. The summed E-state index contributed by atoms with van der Waals surface area (Å²) in [5.74, 6) is -1.61. The summed E-state index contributed by atoms with van der Waals surface area (Å²) in [6.07, 6.45) is 71.4. The summed E-state index contributed by atoms with van der Waals surface area (Å²) in [5, 5.41) is 9.79. The van der Waals surface area contributed by atoms with E-state index >= 15 is 0 Å². The maximum Gasteiger partial charge on any atom is 0.472 e. The van der Waals surface area contributed by atoms with Crippen LogP contribution in [0.4, 0.5) is 0 Å². The minimum atomic E-state index is -4.79. The number of phosphoric ester groups is 1. The molecule has 430 valence electrons. The fourth-order valence-corrected chi connectivity index (χ4v) is 7.97. The molecule has 0 fully saturated rings. The molecule has 12 heteroatoms. The smallest absolute Gasteiger partial charge is 0.462 e. The predicted octanol–water partition coefficient (Wildman–Crippen LogP) is 17.4. The summed E-state index contributed by atoms with van der Waals surface area (Å²) in [6.45, 7) is 4.24. The van der Waals surface area contributed by atoms with E-state index in [1.165, 1.54) is 25.7 Å². The number of carbonyl (C=O) groups excluding carboxylic acids is 3. The summed E-state index contributed by atoms with van der Waals surface area (Å²) in [6, 6.07) is 0. The number of allylic oxidation sites excluding steroid dienone is 22. The van der Waals surface area contributed by atoms with Crippen molar-refractivity contribution in [3.63, 3.8) is 0 Å². The van der Waals surface area contributed by atoms with Crippen molar-refractivity contribution >= 4 is 25.7 Å². The van der Waals surface area contributed by atoms with Crippen LogP contribution in [0.15, 0.2) is 134 Å². The van der Waals surface area contributed by atoms with Gasteiger partial charge in [0.1, 0.15) is 12.7 Å². The number of ether oxygens (including phenoxy) is 3. The van der Waals surface area contributed by atoms with Crippen LogP contribution in [0.3, 0.4) is 0 Å². The first-order valence-corrected chi connectivity index (χ1v) is 30.6. The van der Waals surface area contributed by atoms with Gasteiger partial charge in [-0.05, 0) is 122 Å². The molecule has 0 aromatic carbocycles. The number of hydrogen-bond donors (Lipinski definition) is 2. The summed E-state index contributed by atoms with van der Waals surface area (Å²) in [7, 11) is -4.79. The molecule has 76 heavy (non-hydrogen) atoms. The Hall–Kier alpha value is -4.38. The molecule has 0 aliphatic rings. The molecule has 2 N–H and O–H groups in total. The summed E-state index contributed by atoms with van der Waals surface area (Å²) in [4.78, 5) is 48.5. The van der Waals surface area contributed by atoms with Gasteiger partial charge in [-0.1, -0.05) is 206 Å². The number of aliphatic hydroxyl groups is 1. The van der Waals surface area contributed by atoms with Gasteiger partial charge >= 0.3 is 25.7 Å². The highest BCUT2D eigenvalue weighted by molar-refractivity contribution is 7.47. The Bertz CT molecular complexity index is 1780. The second-order valence-electron chi connectivity index (χ2n) is 18.7. The van der Waals surface area contributed by atoms with E-state index in [0.717, 1.165) is 128 Å². The first-order chi connectivity index (χ1) is 37.2. The molecule has 3 unspecified atom stereocenters. The molecule has 0 heterocycles. The van der Waals surface area contributed by atoms with Crippen LogP contribution in [0.5, 0.6) is 0 Å². The van der Waals surface area contributed by atoms with Crippen molar-refractivity contribution in [1.29, 1.82) is 0 Å². The average molecular weight is 1080 g/mol. The van der Waals surface area contributed by atoms with E-state index < -0.39 is 57.8 Å². The highest BCUT2D eigenvalue weighted by atomic mass is 31.2. The lowest BCUT2D eigenvalue weighted by Crippen LogP contribution is -2.30. The van der Waals surface area contributed by atoms with Crippen molar-refractivity contribution in [2.75, 3.05) is 26.4 Å². The van der Waals surface area contributed by atoms with Gasteiger partial charge in [0.15, 0.2) is 6.10 Å². The zero-order chi connectivity index (χ0) is 55.5. The number of carbonyl (C=O) groups is 3. The van der Waals surface area contributed by atoms with Gasteiger partial charge in [-0.3, -0.25) is 23.4 Å². The normalized spacial score (nSPS) is 14.3. The Labute approximate surface area is 461 Å². The van der Waals surface area contributed by atoms with Crippen LogP contribution < -0.4 is 0 Å². The monoisotopic (exact) mass is 1080 g/mol. The highest BCUT2D eigenvalue weighted by Crippen LogP contribution is 2.43. The Morgan fingerprint density at radius 3 is 1.13 bits per heavy atom. The number of phosphoric acid groups is 1. The van der Waals surface area contributed by atoms with Crippen molar-refractivity contribution in [1.82, 2.24) is 0 Å². The molecule has 0 rings (SSSR count). The van der Waals surface area contributed by atoms with Crippen molar-refractivity contribution in [2.24, 2.45) is 0 Å². The molecule has 0 radical (unpaired) electrons. The summed E-state index contributed by atoms with van der Waals surface area (Å²) < 4.78 is 39.4. The highest BCUT2D eigenvalue weighted by Gasteiger charge is 2.28. The minimum absolute atomic E-state index is 0.0464. The maximum absolute atomic E-state index is 12.9. The largest absolute Gasteiger partial charge is 0.472 e. The van der Waals surface area contributed by atoms with Crippen molar-refractivity contribution in [3.05, 3.63) is 134 Å². The third kappa shape index (κ3) is 54.4. The molecule has 11 nitrogen and oxygen atoms in total. The molecule has 0 spiro atoms. The standard InChI is InChI=1S/C64H103O11P/c1-4-7-10-13-16-19-22-25-27-29-30-32-34-37-40-43-46-49-52-55-64(68)75-61(57-71-62(66)53-50-47-44-41-38-36-33-31-28-26-23-20-17-14-11-8-5-2)59-73-76(69,70)72-58-60(56-65)74-63(67)54-51-48-45-42-39-35-24-21-18-15-12-9-6-3/h8-9,11-12,16-21,25-28,30,32-33,35-36,39,45,48,60-61,65H,4-7,10,13-15,22-24,29,31,34,37-38,40-44,46-47,49-59H2,1-3H3,(H,69,70)/b11-8-,12-9-,19-16-,20-17-,21-18-,27-25-,28-26-,32-30-,36-33-,39-35-,48-45-. The molecule has 0 aromatic rings. The molecule has 0 aliphatic heterocycles. The number of aliphatic hydroxyl groups excluding tert-OH is 1. The van der Waals surface area contributed by atoms with Gasteiger partial charge in [-0.15, -0.1) is 0 Å². The first-order valence-electron chi connectivity index (χ1n) is 29.1. The maximum atomic E-state index is 12.9. The molecule has 0 bridgehead atoms. The molecule has 0 aromatic heterocycles. The van der Waals surface area contributed by atoms with E-state index in [-0.39, 0.29) is 25.9 Å². The van der Waals surface area contributed by atoms with Gasteiger partial charge in [-0.25, -0.2) is 4.57 Å². The van der Waals surface area contributed by atoms with Crippen LogP contribution in [0.25, 0.3) is 0 Å². The van der Waals surface area contributed by atoms with Crippen LogP contribution >= 0.6 is 7.82 Å². The lowest BCUT2D eigenvalue weighted by atomic mass is 10.1. The van der Waals surface area contributed by atoms with E-state index in [2.05, 4.69) is 136 Å². The van der Waals surface area contributed by atoms with Crippen molar-refractivity contribution in [3.8, 4) is 0 Å². The van der Waals surface area contributed by atoms with E-state index in [4.69, 9.17) is 23.3 Å². The second kappa shape index (κ2) is 56.8. The van der Waals surface area contributed by atoms with Gasteiger partial charge in [0.2, 0.25) is 0 Å². The number of hydrogen-bond acceptors (Lipinski definition) is 10. The van der Waals surface area contributed by atoms with Crippen molar-refractivity contribution < 1.29 is 52.2 Å². The van der Waals surface area contributed by atoms with Crippen LogP contribution in [0.1, 0.15) is 213 Å². The van der Waals surface area contributed by atoms with Gasteiger partial charge in [-0.2, -0.15) is 0 Å². The SMILES string of the molecule is CC/C=C\C/C=C\C/C=C\C/C=C\CCCCCCC(=O)OCC(COP(=O)(O)OCC(CO)OC(=O)CC/C=C\C/C=C\C/C=C\C/C=C\CC)OC(=O)CCCCCCCC/C=C\C/C=C\C/C=C\CCCCC. The van der Waals surface area contributed by atoms with Gasteiger partial charge < -0.3 is 24.2 Å². The molecular weight excluding hydrogens is 976 g/mol. The minimum Gasteiger partial charge on any atom is -0.462 e. The van der Waals surface area contributed by atoms with Crippen LogP contribution in [0.2, 0.25) is 0 Å². The lowest BCUT2D eigenvalue weighted by Gasteiger charge is -2.21. The van der Waals surface area contributed by atoms with E-state index in [1.807, 2.05) is 18.2 Å². The lowest BCUT2D eigenvalue weighted by molar-refractivity contribution is -0.161. The zero-order valence-corrected chi connectivity index (χ0v) is 48.3. The van der Waals surface area contributed by atoms with E-state index in [0.29, 0.717) is 19.3 Å². The Morgan fingerprint density at radius 1 is 0.382 bits per heavy atom. The second-order valence-corrected chi connectivity index (χ2v) is 20.1. The fourth-order valence-electron chi connectivity index (χ4n) is 7.19. The Morgan fingerprint density at radius 2 is 0.711 bits per heavy atom. The molecular formula is C64H103O11P. The Balaban J connectivity index is 4.87. The quantitative estimate of drug-likeness (QED) is 0.0197. The summed E-state index contributed by atoms with van der Waals surface area (Å²) in [5.41, 5.74) is 0. The van der Waals surface area contributed by atoms with E-state index in [1.54, 1.807) is 0 Å². The molecule has 3 atom stereocenters. The predicted molar refractivity (Wildman–Crippen MR) is 316 cm³/mol. The number of rotatable bonds is 52. The van der Waals surface area contributed by atoms with Gasteiger partial charge in [0, 0.05) is 19.3 Å². The summed E-state index contributed by atoms with van der Waals surface area (Å²) >= 11 is 0. The van der Waals surface area contributed by atoms with Crippen LogP contribution in [-0.2, 0) is 42.2 Å². The van der Waals surface area contributed by atoms with Gasteiger partial charge in [0.05, 0.1) is 19.8 Å². The number of unbranched alkanes of at least 4 members (excludes halogenated alkanes) is 13. The third-order valence-electron chi connectivity index (χ3n) is 11.6. The molecule has 0 amide bonds. The van der Waals surface area contributed by atoms with Gasteiger partial charge in [0.25, 0.3) is 0 Å². The fraction of sp³-hybridized carbons (Fsp3) is 0.609. The van der Waals surface area contributed by atoms with E-state index in [9.17, 15) is 28.9 Å². The topological polar surface area (TPSA) is 155 Å². The van der Waals surface area contributed by atoms with Crippen LogP contribution in [-0.4, -0.2) is 66.5 Å². The molecule has 0 aliphatic carbocycles. The first kappa shape index (κ1) is 71.6. The van der Waals surface area contributed by atoms with Crippen LogP contribution in [0, 0.1) is 0 Å². The number of esters is 3. The molecule has 0 saturated heterocycles. The third-order valence-corrected chi connectivity index (χ3v) is 12.5. The average Bonchev–Trinajstić information content (AvgIpc) is 3.41.